The average molecular weight is 2000 g/mol. The molecule has 0 amide bonds. The number of aliphatic hydroxyl groups is 10. The molecular formula is C134H232O10. The van der Waals surface area contributed by atoms with Gasteiger partial charge in [-0.1, -0.05) is 166 Å². The van der Waals surface area contributed by atoms with Crippen LogP contribution in [0.2, 0.25) is 0 Å². The van der Waals surface area contributed by atoms with E-state index in [2.05, 4.69) is 157 Å². The van der Waals surface area contributed by atoms with E-state index in [0.717, 1.165) is 282 Å². The number of hydrogen-bond donors (Lipinski definition) is 10. The third kappa shape index (κ3) is 21.7. The van der Waals surface area contributed by atoms with Crippen LogP contribution >= 0.6 is 0 Å². The van der Waals surface area contributed by atoms with Gasteiger partial charge in [0.25, 0.3) is 0 Å². The maximum Gasteiger partial charge on any atom is 0.0682 e. The fourth-order valence-corrected chi connectivity index (χ4v) is 44.5. The number of rotatable bonds is 24. The molecule has 0 radical (unpaired) electrons. The van der Waals surface area contributed by atoms with Crippen LogP contribution in [0.3, 0.4) is 0 Å². The second kappa shape index (κ2) is 44.0. The van der Waals surface area contributed by atoms with Crippen molar-refractivity contribution in [2.75, 3.05) is 0 Å². The van der Waals surface area contributed by atoms with E-state index >= 15 is 0 Å². The molecule has 10 nitrogen and oxygen atoms in total. The Balaban J connectivity index is 0.000000129. The average Bonchev–Trinajstić information content (AvgIpc) is 1.21. The van der Waals surface area contributed by atoms with Crippen molar-refractivity contribution in [1.29, 1.82) is 0 Å². The van der Waals surface area contributed by atoms with Crippen molar-refractivity contribution in [3.05, 3.63) is 34.9 Å². The zero-order valence-electron chi connectivity index (χ0n) is 98.3. The van der Waals surface area contributed by atoms with Crippen LogP contribution in [0.4, 0.5) is 0 Å². The van der Waals surface area contributed by atoms with Crippen molar-refractivity contribution in [1.82, 2.24) is 0 Å². The van der Waals surface area contributed by atoms with Gasteiger partial charge in [-0.25, -0.2) is 0 Å². The third-order valence-electron chi connectivity index (χ3n) is 54.2. The molecule has 0 aromatic carbocycles. The van der Waals surface area contributed by atoms with Crippen LogP contribution in [0.15, 0.2) is 34.9 Å². The minimum atomic E-state index is -0.445. The summed E-state index contributed by atoms with van der Waals surface area (Å²) >= 11 is 0. The molecule has 144 heavy (non-hydrogen) atoms. The quantitative estimate of drug-likeness (QED) is 0.0415. The summed E-state index contributed by atoms with van der Waals surface area (Å²) in [4.78, 5) is 0. The van der Waals surface area contributed by atoms with Crippen LogP contribution in [0.5, 0.6) is 0 Å². The van der Waals surface area contributed by atoms with E-state index in [1.54, 1.807) is 16.7 Å². The lowest BCUT2D eigenvalue weighted by molar-refractivity contribution is -0.152. The first-order valence-corrected chi connectivity index (χ1v) is 63.7. The molecule has 10 N–H and O–H groups in total. The highest BCUT2D eigenvalue weighted by Gasteiger charge is 2.68. The highest BCUT2D eigenvalue weighted by molar-refractivity contribution is 5.31. The minimum Gasteiger partial charge on any atom is -0.393 e. The zero-order valence-corrected chi connectivity index (χ0v) is 98.3. The summed E-state index contributed by atoms with van der Waals surface area (Å²) < 4.78 is 0. The molecule has 20 rings (SSSR count). The Morgan fingerprint density at radius 2 is 0.458 bits per heavy atom. The maximum atomic E-state index is 11.0. The standard InChI is InChI=1S/C27H48O2.3C27H46O2.C26H46O2/c4*1-6-27(29)16-15-25(4)20(17-27)9-10-21-23-12-11-22(18(2)7-8-19(3)28)26(23,5)14-13-24(21)25;1-17(6-7-18(2)27)21-10-11-22-20-9-8-19-16-24(3,28)14-15-25(19,4)23(20)12-13-26(21,22)5/h18-24,28-29H,6-17H2,1-5H3;3*9,18-19,21-24,28-29H,6-8,10-17H2,1-5H3;17-23,27-28H,6-16H2,1-5H3/t18-,19?,20+,21+,22-,23+,24+,25+,26-,27+;18-,19?,21+,22-,23+,24+,25+,26-,27+;18-,19+,21+,22-,23+,24+,25+,26-,27+;18-,19-,21+,22-,23+,24+,25+,26-,27+;17-,18+,19+,20+,21-,22+,23+,24+,25+,26-/m11111/s1. The number of allylic oxidation sites excluding steroid dienone is 3. The van der Waals surface area contributed by atoms with E-state index in [9.17, 15) is 51.1 Å². The molecule has 20 aliphatic carbocycles. The van der Waals surface area contributed by atoms with Gasteiger partial charge in [-0.05, 0) is 615 Å². The molecule has 47 atom stereocenters. The van der Waals surface area contributed by atoms with E-state index in [0.29, 0.717) is 54.1 Å². The van der Waals surface area contributed by atoms with Gasteiger partial charge in [-0.3, -0.25) is 0 Å². The zero-order chi connectivity index (χ0) is 104. The summed E-state index contributed by atoms with van der Waals surface area (Å²) in [6.45, 7) is 58.8. The minimum absolute atomic E-state index is 0.151. The molecule has 0 aliphatic heterocycles. The van der Waals surface area contributed by atoms with E-state index in [1.165, 1.54) is 238 Å². The van der Waals surface area contributed by atoms with Gasteiger partial charge < -0.3 is 51.1 Å². The third-order valence-corrected chi connectivity index (χ3v) is 54.2. The molecule has 17 saturated carbocycles. The van der Waals surface area contributed by atoms with Gasteiger partial charge in [-0.2, -0.15) is 0 Å². The Morgan fingerprint density at radius 1 is 0.229 bits per heavy atom. The van der Waals surface area contributed by atoms with Gasteiger partial charge in [-0.15, -0.1) is 0 Å². The second-order valence-corrected chi connectivity index (χ2v) is 61.5. The number of hydrogen-bond acceptors (Lipinski definition) is 10. The van der Waals surface area contributed by atoms with Crippen LogP contribution in [-0.4, -0.2) is 110 Å². The highest BCUT2D eigenvalue weighted by Crippen LogP contribution is 2.76. The predicted octanol–water partition coefficient (Wildman–Crippen LogP) is 32.3. The summed E-state index contributed by atoms with van der Waals surface area (Å²) in [6, 6.07) is 0. The van der Waals surface area contributed by atoms with Crippen molar-refractivity contribution >= 4 is 0 Å². The largest absolute Gasteiger partial charge is 0.393 e. The summed E-state index contributed by atoms with van der Waals surface area (Å²) in [7, 11) is 0. The molecule has 828 valence electrons. The molecule has 0 saturated heterocycles. The molecule has 17 fully saturated rings. The predicted molar refractivity (Wildman–Crippen MR) is 598 cm³/mol. The molecule has 0 aromatic rings. The van der Waals surface area contributed by atoms with E-state index in [1.807, 2.05) is 34.6 Å². The molecular weight excluding hydrogens is 1770 g/mol. The number of fused-ring (bicyclic) bond motifs is 25. The van der Waals surface area contributed by atoms with E-state index in [4.69, 9.17) is 0 Å². The number of aliphatic hydroxyl groups excluding tert-OH is 5. The summed E-state index contributed by atoms with van der Waals surface area (Å²) in [5.41, 5.74) is 7.17. The Kier molecular flexibility index (Phi) is 35.2. The molecule has 0 spiro atoms. The Labute approximate surface area is 885 Å². The Morgan fingerprint density at radius 3 is 0.715 bits per heavy atom. The van der Waals surface area contributed by atoms with Crippen molar-refractivity contribution in [2.45, 2.75) is 591 Å². The molecule has 0 aromatic heterocycles. The molecule has 0 heterocycles. The van der Waals surface area contributed by atoms with Gasteiger partial charge in [0.2, 0.25) is 0 Å². The summed E-state index contributed by atoms with van der Waals surface area (Å²) in [5, 5.41) is 103. The van der Waals surface area contributed by atoms with Gasteiger partial charge in [0.1, 0.15) is 0 Å². The SMILES string of the molecule is CC[C@]1(O)CC[C@@]2(C)C(=CC[C@H]3[C@@H]4CC[C@H]([C@H](C)CCC(C)O)[C@@]4(C)CC[C@@H]32)C1.CC[C@]1(O)CC[C@@]2(C)C(=CC[C@H]3[C@@H]4CC[C@H]([C@H](C)CC[C@@H](C)O)[C@@]4(C)CC[C@@H]32)C1.CC[C@]1(O)CC[C@@]2(C)C(=CC[C@H]3[C@@H]4CC[C@H]([C@H](C)CC[C@H](C)O)[C@@]4(C)CC[C@@H]32)C1.CC[C@]1(O)CC[C@@]2(C)[C@@H](CC[C@@H]3[C@@H]2CC[C@]2(C)[C@@H]([C@H](C)CCC(C)O)CC[C@@H]32)C1.C[C@H](O)CC[C@@H](C)[C@H]1CC[C@H]2[C@@H]3CC[C@H]4C[C@@](C)(O)CC[C@]4(C)[C@H]3CC[C@]12C. The first-order chi connectivity index (χ1) is 67.6. The van der Waals surface area contributed by atoms with Crippen LogP contribution in [0.1, 0.15) is 533 Å². The maximum absolute atomic E-state index is 11.0. The second-order valence-electron chi connectivity index (χ2n) is 61.5. The van der Waals surface area contributed by atoms with Crippen LogP contribution in [0.25, 0.3) is 0 Å². The van der Waals surface area contributed by atoms with Crippen molar-refractivity contribution in [3.63, 3.8) is 0 Å². The molecule has 2 unspecified atom stereocenters. The summed E-state index contributed by atoms with van der Waals surface area (Å²) in [6.07, 6.45) is 74.6. The molecule has 10 heteroatoms. The fourth-order valence-electron chi connectivity index (χ4n) is 44.5. The smallest absolute Gasteiger partial charge is 0.0682 e. The topological polar surface area (TPSA) is 202 Å². The lowest BCUT2D eigenvalue weighted by Gasteiger charge is -2.62. The first-order valence-electron chi connectivity index (χ1n) is 63.7. The van der Waals surface area contributed by atoms with Crippen molar-refractivity contribution in [3.8, 4) is 0 Å². The van der Waals surface area contributed by atoms with Gasteiger partial charge in [0.15, 0.2) is 0 Å². The monoisotopic (exact) mass is 2000 g/mol. The van der Waals surface area contributed by atoms with Gasteiger partial charge in [0, 0.05) is 0 Å². The van der Waals surface area contributed by atoms with E-state index in [-0.39, 0.29) is 36.1 Å². The van der Waals surface area contributed by atoms with Crippen LogP contribution in [-0.2, 0) is 0 Å². The van der Waals surface area contributed by atoms with Crippen LogP contribution in [0, 0.1) is 214 Å². The fraction of sp³-hybridized carbons (Fsp3) is 0.955. The normalized spacial score (nSPS) is 50.2. The van der Waals surface area contributed by atoms with Crippen molar-refractivity contribution in [2.24, 2.45) is 214 Å². The van der Waals surface area contributed by atoms with Gasteiger partial charge >= 0.3 is 0 Å². The molecule has 20 aliphatic rings. The Hall–Kier alpha value is -1.18. The first kappa shape index (κ1) is 115. The van der Waals surface area contributed by atoms with Crippen LogP contribution < -0.4 is 0 Å². The Bertz CT molecular complexity index is 4040. The molecule has 0 bridgehead atoms. The highest BCUT2D eigenvalue weighted by atomic mass is 16.3. The van der Waals surface area contributed by atoms with Crippen molar-refractivity contribution < 1.29 is 51.1 Å². The van der Waals surface area contributed by atoms with Gasteiger partial charge in [0.05, 0.1) is 58.5 Å². The summed E-state index contributed by atoms with van der Waals surface area (Å²) in [5.74, 6) is 22.5. The lowest BCUT2D eigenvalue weighted by atomic mass is 9.43. The van der Waals surface area contributed by atoms with E-state index < -0.39 is 22.4 Å². The lowest BCUT2D eigenvalue weighted by Crippen LogP contribution is -2.56.